The molecule has 2 rings (SSSR count). The number of hydrogen-bond acceptors (Lipinski definition) is 4. The maximum Gasteiger partial charge on any atom is 0.220 e. The first kappa shape index (κ1) is 9.79. The molecule has 1 heterocycles. The minimum atomic E-state index is -0.334. The van der Waals surface area contributed by atoms with Crippen molar-refractivity contribution in [1.29, 1.82) is 0 Å². The van der Waals surface area contributed by atoms with Gasteiger partial charge in [0, 0.05) is 17.9 Å². The van der Waals surface area contributed by atoms with Crippen molar-refractivity contribution in [2.75, 3.05) is 12.3 Å². The van der Waals surface area contributed by atoms with Gasteiger partial charge < -0.3 is 11.5 Å². The van der Waals surface area contributed by atoms with Crippen molar-refractivity contribution in [3.05, 3.63) is 29.7 Å². The molecule has 0 radical (unpaired) electrons. The Morgan fingerprint density at radius 3 is 2.80 bits per heavy atom. The molecule has 15 heavy (non-hydrogen) atoms. The average Bonchev–Trinajstić information content (AvgIpc) is 2.17. The molecule has 0 unspecified atom stereocenters. The van der Waals surface area contributed by atoms with Crippen molar-refractivity contribution in [1.82, 2.24) is 9.97 Å². The summed E-state index contributed by atoms with van der Waals surface area (Å²) in [5.41, 5.74) is 12.3. The molecule has 4 nitrogen and oxygen atoms in total. The summed E-state index contributed by atoms with van der Waals surface area (Å²) in [6, 6.07) is 4.37. The highest BCUT2D eigenvalue weighted by molar-refractivity contribution is 5.81. The van der Waals surface area contributed by atoms with Gasteiger partial charge in [0.05, 0.1) is 11.2 Å². The Balaban J connectivity index is 2.68. The molecule has 4 N–H and O–H groups in total. The first-order valence-corrected chi connectivity index (χ1v) is 4.62. The fourth-order valence-corrected chi connectivity index (χ4v) is 1.52. The highest BCUT2D eigenvalue weighted by Crippen LogP contribution is 2.18. The minimum absolute atomic E-state index is 0.150. The van der Waals surface area contributed by atoms with Crippen molar-refractivity contribution in [2.45, 2.75) is 6.42 Å². The zero-order chi connectivity index (χ0) is 10.8. The largest absolute Gasteiger partial charge is 0.368 e. The molecule has 0 atom stereocenters. The number of anilines is 1. The second kappa shape index (κ2) is 3.78. The maximum atomic E-state index is 13.0. The molecule has 1 aromatic heterocycles. The molecular weight excluding hydrogens is 195 g/mol. The molecule has 0 aliphatic rings. The SMILES string of the molecule is NCCc1nc(N)nc2cc(F)ccc12. The molecule has 0 saturated heterocycles. The Hall–Kier alpha value is -1.75. The molecule has 0 spiro atoms. The molecule has 78 valence electrons. The number of nitrogen functional groups attached to an aromatic ring is 1. The molecule has 0 aliphatic heterocycles. The number of fused-ring (bicyclic) bond motifs is 1. The lowest BCUT2D eigenvalue weighted by atomic mass is 10.1. The third kappa shape index (κ3) is 1.87. The normalized spacial score (nSPS) is 10.8. The van der Waals surface area contributed by atoms with Crippen LogP contribution in [0, 0.1) is 5.82 Å². The monoisotopic (exact) mass is 206 g/mol. The van der Waals surface area contributed by atoms with Crippen molar-refractivity contribution in [2.24, 2.45) is 5.73 Å². The molecule has 2 aromatic rings. The summed E-state index contributed by atoms with van der Waals surface area (Å²) in [5, 5.41) is 0.802. The standard InChI is InChI=1S/C10H11FN4/c11-6-1-2-7-8(3-4-12)14-10(13)15-9(7)5-6/h1-2,5H,3-4,12H2,(H2,13,14,15). The van der Waals surface area contributed by atoms with E-state index in [1.807, 2.05) is 0 Å². The molecule has 0 fully saturated rings. The zero-order valence-electron chi connectivity index (χ0n) is 8.07. The molecule has 0 aliphatic carbocycles. The molecule has 0 bridgehead atoms. The van der Waals surface area contributed by atoms with Gasteiger partial charge in [0.15, 0.2) is 0 Å². The lowest BCUT2D eigenvalue weighted by Gasteiger charge is -2.05. The van der Waals surface area contributed by atoms with Crippen LogP contribution in [0.15, 0.2) is 18.2 Å². The highest BCUT2D eigenvalue weighted by atomic mass is 19.1. The van der Waals surface area contributed by atoms with Crippen LogP contribution in [0.5, 0.6) is 0 Å². The van der Waals surface area contributed by atoms with Crippen LogP contribution in [0.1, 0.15) is 5.69 Å². The van der Waals surface area contributed by atoms with Crippen LogP contribution in [0.25, 0.3) is 10.9 Å². The number of aromatic nitrogens is 2. The third-order valence-electron chi connectivity index (χ3n) is 2.14. The Morgan fingerprint density at radius 2 is 2.07 bits per heavy atom. The van der Waals surface area contributed by atoms with Crippen molar-refractivity contribution < 1.29 is 4.39 Å². The fourth-order valence-electron chi connectivity index (χ4n) is 1.52. The number of halogens is 1. The zero-order valence-corrected chi connectivity index (χ0v) is 8.07. The summed E-state index contributed by atoms with van der Waals surface area (Å²) >= 11 is 0. The maximum absolute atomic E-state index is 13.0. The second-order valence-corrected chi connectivity index (χ2v) is 3.23. The van der Waals surface area contributed by atoms with Crippen LogP contribution in [0.2, 0.25) is 0 Å². The van der Waals surface area contributed by atoms with Crippen molar-refractivity contribution >= 4 is 16.9 Å². The van der Waals surface area contributed by atoms with E-state index < -0.39 is 0 Å². The Kier molecular flexibility index (Phi) is 2.47. The van der Waals surface area contributed by atoms with E-state index in [4.69, 9.17) is 11.5 Å². The summed E-state index contributed by atoms with van der Waals surface area (Å²) < 4.78 is 13.0. The lowest BCUT2D eigenvalue weighted by Crippen LogP contribution is -2.07. The number of hydrogen-bond donors (Lipinski definition) is 2. The second-order valence-electron chi connectivity index (χ2n) is 3.23. The van der Waals surface area contributed by atoms with Gasteiger partial charge in [0.25, 0.3) is 0 Å². The fraction of sp³-hybridized carbons (Fsp3) is 0.200. The van der Waals surface area contributed by atoms with E-state index >= 15 is 0 Å². The number of rotatable bonds is 2. The minimum Gasteiger partial charge on any atom is -0.368 e. The average molecular weight is 206 g/mol. The van der Waals surface area contributed by atoms with E-state index in [0.717, 1.165) is 11.1 Å². The Morgan fingerprint density at radius 1 is 1.27 bits per heavy atom. The Labute approximate surface area is 86.1 Å². The van der Waals surface area contributed by atoms with E-state index in [9.17, 15) is 4.39 Å². The quantitative estimate of drug-likeness (QED) is 0.763. The van der Waals surface area contributed by atoms with Gasteiger partial charge in [-0.15, -0.1) is 0 Å². The molecule has 0 saturated carbocycles. The van der Waals surface area contributed by atoms with E-state index in [1.54, 1.807) is 6.07 Å². The van der Waals surface area contributed by atoms with Gasteiger partial charge in [-0.2, -0.15) is 0 Å². The van der Waals surface area contributed by atoms with Gasteiger partial charge >= 0.3 is 0 Å². The molecule has 5 heteroatoms. The van der Waals surface area contributed by atoms with Gasteiger partial charge in [-0.25, -0.2) is 14.4 Å². The summed E-state index contributed by atoms with van der Waals surface area (Å²) in [7, 11) is 0. The molecule has 1 aromatic carbocycles. The van der Waals surface area contributed by atoms with E-state index in [2.05, 4.69) is 9.97 Å². The van der Waals surface area contributed by atoms with Gasteiger partial charge in [-0.05, 0) is 18.7 Å². The summed E-state index contributed by atoms with van der Waals surface area (Å²) in [4.78, 5) is 8.05. The van der Waals surface area contributed by atoms with Gasteiger partial charge in [0.2, 0.25) is 5.95 Å². The molecule has 0 amide bonds. The van der Waals surface area contributed by atoms with Gasteiger partial charge in [0.1, 0.15) is 5.82 Å². The number of nitrogens with two attached hydrogens (primary N) is 2. The van der Waals surface area contributed by atoms with E-state index in [0.29, 0.717) is 18.5 Å². The first-order valence-electron chi connectivity index (χ1n) is 4.62. The summed E-state index contributed by atoms with van der Waals surface area (Å²) in [5.74, 6) is -0.184. The van der Waals surface area contributed by atoms with Crippen LogP contribution in [-0.4, -0.2) is 16.5 Å². The van der Waals surface area contributed by atoms with Crippen LogP contribution < -0.4 is 11.5 Å². The predicted octanol–water partition coefficient (Wildman–Crippen LogP) is 0.852. The van der Waals surface area contributed by atoms with E-state index in [-0.39, 0.29) is 11.8 Å². The van der Waals surface area contributed by atoms with Gasteiger partial charge in [-0.3, -0.25) is 0 Å². The van der Waals surface area contributed by atoms with Crippen molar-refractivity contribution in [3.8, 4) is 0 Å². The summed E-state index contributed by atoms with van der Waals surface area (Å²) in [6.07, 6.45) is 0.606. The van der Waals surface area contributed by atoms with Crippen molar-refractivity contribution in [3.63, 3.8) is 0 Å². The Bertz CT molecular complexity index is 493. The third-order valence-corrected chi connectivity index (χ3v) is 2.14. The highest BCUT2D eigenvalue weighted by Gasteiger charge is 2.06. The lowest BCUT2D eigenvalue weighted by molar-refractivity contribution is 0.629. The first-order chi connectivity index (χ1) is 7.20. The topological polar surface area (TPSA) is 77.8 Å². The number of benzene rings is 1. The van der Waals surface area contributed by atoms with Crippen LogP contribution in [0.4, 0.5) is 10.3 Å². The van der Waals surface area contributed by atoms with Crippen LogP contribution in [-0.2, 0) is 6.42 Å². The predicted molar refractivity (Wildman–Crippen MR) is 56.7 cm³/mol. The number of nitrogens with zero attached hydrogens (tertiary/aromatic N) is 2. The molecular formula is C10H11FN4. The smallest absolute Gasteiger partial charge is 0.220 e. The van der Waals surface area contributed by atoms with E-state index in [1.165, 1.54) is 12.1 Å². The van der Waals surface area contributed by atoms with Crippen LogP contribution in [0.3, 0.4) is 0 Å². The van der Waals surface area contributed by atoms with Gasteiger partial charge in [-0.1, -0.05) is 0 Å². The summed E-state index contributed by atoms with van der Waals surface area (Å²) in [6.45, 7) is 0.475. The van der Waals surface area contributed by atoms with Crippen LogP contribution >= 0.6 is 0 Å².